The number of phenols is 1. The minimum atomic E-state index is -0.848. The van der Waals surface area contributed by atoms with Crippen molar-refractivity contribution in [2.24, 2.45) is 17.3 Å². The number of aliphatic hydroxyl groups is 1. The number of rotatable bonds is 0. The van der Waals surface area contributed by atoms with Gasteiger partial charge in [-0.25, -0.2) is 4.39 Å². The molecule has 114 valence electrons. The van der Waals surface area contributed by atoms with Gasteiger partial charge in [-0.2, -0.15) is 0 Å². The first kappa shape index (κ1) is 13.6. The van der Waals surface area contributed by atoms with E-state index in [-0.39, 0.29) is 29.1 Å². The molecule has 0 spiro atoms. The zero-order chi connectivity index (χ0) is 14.8. The Kier molecular flexibility index (Phi) is 2.88. The Bertz CT molecular complexity index is 572. The molecule has 3 unspecified atom stereocenters. The molecule has 1 aromatic rings. The fourth-order valence-corrected chi connectivity index (χ4v) is 5.56. The molecule has 0 radical (unpaired) electrons. The van der Waals surface area contributed by atoms with Gasteiger partial charge in [0.05, 0.1) is 6.10 Å². The lowest BCUT2D eigenvalue weighted by Crippen LogP contribution is -2.45. The number of fused-ring (bicyclic) bond motifs is 5. The Morgan fingerprint density at radius 1 is 1.33 bits per heavy atom. The second-order valence-electron chi connectivity index (χ2n) is 7.68. The van der Waals surface area contributed by atoms with E-state index in [1.807, 2.05) is 6.07 Å². The molecule has 0 saturated heterocycles. The van der Waals surface area contributed by atoms with Gasteiger partial charge < -0.3 is 10.2 Å². The van der Waals surface area contributed by atoms with Crippen molar-refractivity contribution in [1.29, 1.82) is 0 Å². The van der Waals surface area contributed by atoms with Crippen LogP contribution in [0.5, 0.6) is 5.75 Å². The van der Waals surface area contributed by atoms with Crippen LogP contribution in [0.1, 0.15) is 49.7 Å². The van der Waals surface area contributed by atoms with E-state index in [1.54, 1.807) is 12.1 Å². The molecule has 0 heterocycles. The third kappa shape index (κ3) is 1.93. The van der Waals surface area contributed by atoms with Crippen LogP contribution in [0.2, 0.25) is 0 Å². The predicted octanol–water partition coefficient (Wildman–Crippen LogP) is 3.56. The van der Waals surface area contributed by atoms with E-state index < -0.39 is 6.17 Å². The molecule has 4 rings (SSSR count). The summed E-state index contributed by atoms with van der Waals surface area (Å²) in [6.45, 7) is 2.24. The molecule has 3 heteroatoms. The summed E-state index contributed by atoms with van der Waals surface area (Å²) in [6.07, 6.45) is 2.96. The zero-order valence-corrected chi connectivity index (χ0v) is 12.4. The van der Waals surface area contributed by atoms with Crippen molar-refractivity contribution in [3.8, 4) is 5.75 Å². The smallest absolute Gasteiger partial charge is 0.115 e. The molecule has 2 nitrogen and oxygen atoms in total. The Morgan fingerprint density at radius 3 is 2.95 bits per heavy atom. The standard InChI is InChI=1S/C18H23FO2/c1-18-5-4-14-13-3-2-11(20)6-10(13)7-16(19)17(14)15(18)8-12(21)9-18/h2-3,6,12,14-17,20-21H,4-5,7-9H2,1H3/t12-,14?,15?,16-,17?,18-/m1/s1. The molecule has 3 aliphatic rings. The van der Waals surface area contributed by atoms with Crippen molar-refractivity contribution in [1.82, 2.24) is 0 Å². The summed E-state index contributed by atoms with van der Waals surface area (Å²) in [7, 11) is 0. The number of aliphatic hydroxyl groups excluding tert-OH is 1. The van der Waals surface area contributed by atoms with Gasteiger partial charge in [0, 0.05) is 12.3 Å². The molecule has 2 N–H and O–H groups in total. The van der Waals surface area contributed by atoms with Gasteiger partial charge in [0.15, 0.2) is 0 Å². The SMILES string of the molecule is C[C@]12CCC3c4ccc(O)cc4C[C@@H](F)C3C1C[C@@H](O)C2. The van der Waals surface area contributed by atoms with E-state index in [2.05, 4.69) is 6.92 Å². The van der Waals surface area contributed by atoms with Crippen molar-refractivity contribution < 1.29 is 14.6 Å². The quantitative estimate of drug-likeness (QED) is 0.767. The molecule has 0 amide bonds. The van der Waals surface area contributed by atoms with E-state index >= 15 is 0 Å². The van der Waals surface area contributed by atoms with Crippen molar-refractivity contribution >= 4 is 0 Å². The monoisotopic (exact) mass is 290 g/mol. The Balaban J connectivity index is 1.75. The first-order valence-electron chi connectivity index (χ1n) is 8.12. The van der Waals surface area contributed by atoms with Crippen molar-refractivity contribution in [3.05, 3.63) is 29.3 Å². The molecule has 1 aromatic carbocycles. The Labute approximate surface area is 125 Å². The van der Waals surface area contributed by atoms with E-state index in [0.29, 0.717) is 12.3 Å². The molecule has 3 aliphatic carbocycles. The van der Waals surface area contributed by atoms with Gasteiger partial charge in [-0.1, -0.05) is 13.0 Å². The molecule has 21 heavy (non-hydrogen) atoms. The maximum atomic E-state index is 14.9. The first-order valence-corrected chi connectivity index (χ1v) is 8.12. The Morgan fingerprint density at radius 2 is 2.14 bits per heavy atom. The van der Waals surface area contributed by atoms with Crippen LogP contribution >= 0.6 is 0 Å². The van der Waals surface area contributed by atoms with Gasteiger partial charge in [0.25, 0.3) is 0 Å². The molecular weight excluding hydrogens is 267 g/mol. The first-order chi connectivity index (χ1) is 9.98. The minimum Gasteiger partial charge on any atom is -0.508 e. The van der Waals surface area contributed by atoms with Crippen molar-refractivity contribution in [2.45, 2.75) is 57.2 Å². The fraction of sp³-hybridized carbons (Fsp3) is 0.667. The largest absolute Gasteiger partial charge is 0.508 e. The highest BCUT2D eigenvalue weighted by atomic mass is 19.1. The van der Waals surface area contributed by atoms with Crippen LogP contribution in [0.25, 0.3) is 0 Å². The topological polar surface area (TPSA) is 40.5 Å². The summed E-state index contributed by atoms with van der Waals surface area (Å²) in [6, 6.07) is 5.45. The summed E-state index contributed by atoms with van der Waals surface area (Å²) in [5.74, 6) is 0.824. The van der Waals surface area contributed by atoms with E-state index in [0.717, 1.165) is 31.2 Å². The van der Waals surface area contributed by atoms with Crippen molar-refractivity contribution in [3.63, 3.8) is 0 Å². The number of hydrogen-bond acceptors (Lipinski definition) is 2. The minimum absolute atomic E-state index is 0.0398. The van der Waals surface area contributed by atoms with E-state index in [4.69, 9.17) is 0 Å². The number of hydrogen-bond donors (Lipinski definition) is 2. The van der Waals surface area contributed by atoms with Crippen LogP contribution < -0.4 is 0 Å². The maximum absolute atomic E-state index is 14.9. The molecular formula is C18H23FO2. The number of alkyl halides is 1. The van der Waals surface area contributed by atoms with Crippen LogP contribution in [0.3, 0.4) is 0 Å². The van der Waals surface area contributed by atoms with Crippen LogP contribution in [0.15, 0.2) is 18.2 Å². The molecule has 2 fully saturated rings. The van der Waals surface area contributed by atoms with Gasteiger partial charge in [0.2, 0.25) is 0 Å². The molecule has 6 atom stereocenters. The highest BCUT2D eigenvalue weighted by Gasteiger charge is 2.55. The third-order valence-corrected chi connectivity index (χ3v) is 6.44. The average Bonchev–Trinajstić information content (AvgIpc) is 2.72. The number of halogens is 1. The lowest BCUT2D eigenvalue weighted by Gasteiger charge is -2.50. The molecule has 2 saturated carbocycles. The fourth-order valence-electron chi connectivity index (χ4n) is 5.56. The predicted molar refractivity (Wildman–Crippen MR) is 79.0 cm³/mol. The van der Waals surface area contributed by atoms with Gasteiger partial charge in [0.1, 0.15) is 11.9 Å². The lowest BCUT2D eigenvalue weighted by molar-refractivity contribution is 0.0115. The van der Waals surface area contributed by atoms with Crippen LogP contribution in [0.4, 0.5) is 4.39 Å². The van der Waals surface area contributed by atoms with Gasteiger partial charge >= 0.3 is 0 Å². The zero-order valence-electron chi connectivity index (χ0n) is 12.4. The van der Waals surface area contributed by atoms with Crippen LogP contribution in [-0.2, 0) is 6.42 Å². The molecule has 0 aliphatic heterocycles. The summed E-state index contributed by atoms with van der Waals surface area (Å²) >= 11 is 0. The highest BCUT2D eigenvalue weighted by molar-refractivity contribution is 5.41. The number of benzene rings is 1. The second kappa shape index (κ2) is 4.45. The summed E-state index contributed by atoms with van der Waals surface area (Å²) in [5.41, 5.74) is 2.32. The second-order valence-corrected chi connectivity index (χ2v) is 7.68. The maximum Gasteiger partial charge on any atom is 0.115 e. The molecule has 0 aromatic heterocycles. The number of phenolic OH excluding ortho intramolecular Hbond substituents is 1. The van der Waals surface area contributed by atoms with Crippen molar-refractivity contribution in [2.75, 3.05) is 0 Å². The van der Waals surface area contributed by atoms with Gasteiger partial charge in [-0.05, 0) is 66.2 Å². The van der Waals surface area contributed by atoms with E-state index in [1.165, 1.54) is 5.56 Å². The summed E-state index contributed by atoms with van der Waals surface area (Å²) in [5, 5.41) is 19.7. The summed E-state index contributed by atoms with van der Waals surface area (Å²) < 4.78 is 14.9. The highest BCUT2D eigenvalue weighted by Crippen LogP contribution is 2.61. The van der Waals surface area contributed by atoms with Gasteiger partial charge in [-0.15, -0.1) is 0 Å². The number of aromatic hydroxyl groups is 1. The summed E-state index contributed by atoms with van der Waals surface area (Å²) in [4.78, 5) is 0. The normalized spacial score (nSPS) is 44.8. The lowest BCUT2D eigenvalue weighted by atomic mass is 9.55. The van der Waals surface area contributed by atoms with Crippen LogP contribution in [-0.4, -0.2) is 22.5 Å². The third-order valence-electron chi connectivity index (χ3n) is 6.44. The van der Waals surface area contributed by atoms with Crippen LogP contribution in [0, 0.1) is 17.3 Å². The average molecular weight is 290 g/mol. The van der Waals surface area contributed by atoms with Gasteiger partial charge in [-0.3, -0.25) is 0 Å². The Hall–Kier alpha value is -1.09. The van der Waals surface area contributed by atoms with E-state index in [9.17, 15) is 14.6 Å². The molecule has 0 bridgehead atoms.